The van der Waals surface area contributed by atoms with Crippen LogP contribution in [-0.4, -0.2) is 64.8 Å². The van der Waals surface area contributed by atoms with Gasteiger partial charge in [-0.1, -0.05) is 37.6 Å². The molecule has 1 fully saturated rings. The summed E-state index contributed by atoms with van der Waals surface area (Å²) in [6.45, 7) is 7.14. The number of nitrogens with one attached hydrogen (secondary N) is 2. The minimum Gasteiger partial charge on any atom is -0.366 e. The summed E-state index contributed by atoms with van der Waals surface area (Å²) in [5.74, 6) is -0.179. The van der Waals surface area contributed by atoms with Crippen molar-refractivity contribution in [3.05, 3.63) is 52.8 Å². The number of carbonyl (C=O) groups is 1. The topological polar surface area (TPSA) is 101 Å². The maximum absolute atomic E-state index is 13.5. The number of aromatic nitrogens is 3. The molecule has 34 heavy (non-hydrogen) atoms. The molecule has 0 spiro atoms. The van der Waals surface area contributed by atoms with Crippen molar-refractivity contribution < 1.29 is 4.79 Å². The third-order valence-electron chi connectivity index (χ3n) is 5.78. The highest BCUT2D eigenvalue weighted by Gasteiger charge is 2.30. The fourth-order valence-electron chi connectivity index (χ4n) is 4.08. The third-order valence-corrected chi connectivity index (χ3v) is 6.03. The number of aromatic amines is 1. The summed E-state index contributed by atoms with van der Waals surface area (Å²) in [5.41, 5.74) is 2.95. The van der Waals surface area contributed by atoms with Gasteiger partial charge in [0, 0.05) is 50.0 Å². The van der Waals surface area contributed by atoms with E-state index in [9.17, 15) is 10.1 Å². The summed E-state index contributed by atoms with van der Waals surface area (Å²) in [6, 6.07) is 10.0. The molecule has 1 atom stereocenters. The molecule has 2 N–H and O–H groups in total. The lowest BCUT2D eigenvalue weighted by molar-refractivity contribution is -0.133. The van der Waals surface area contributed by atoms with Gasteiger partial charge in [-0.2, -0.15) is 10.4 Å². The summed E-state index contributed by atoms with van der Waals surface area (Å²) in [4.78, 5) is 21.8. The Morgan fingerprint density at radius 1 is 1.18 bits per heavy atom. The van der Waals surface area contributed by atoms with E-state index >= 15 is 0 Å². The molecule has 3 heterocycles. The minimum absolute atomic E-state index is 0. The average Bonchev–Trinajstić information content (AvgIpc) is 3.28. The van der Waals surface area contributed by atoms with Crippen molar-refractivity contribution in [2.24, 2.45) is 0 Å². The van der Waals surface area contributed by atoms with E-state index in [1.54, 1.807) is 12.4 Å². The Kier molecular flexibility index (Phi) is 9.95. The molecule has 0 saturated carbocycles. The van der Waals surface area contributed by atoms with Gasteiger partial charge in [0.15, 0.2) is 5.65 Å². The van der Waals surface area contributed by atoms with Crippen LogP contribution in [0.4, 0.5) is 5.69 Å². The fourth-order valence-corrected chi connectivity index (χ4v) is 4.20. The van der Waals surface area contributed by atoms with Crippen molar-refractivity contribution in [1.29, 1.82) is 5.26 Å². The van der Waals surface area contributed by atoms with Gasteiger partial charge in [-0.25, -0.2) is 4.98 Å². The van der Waals surface area contributed by atoms with Gasteiger partial charge in [0.25, 0.3) is 0 Å². The van der Waals surface area contributed by atoms with Crippen molar-refractivity contribution in [3.63, 3.8) is 0 Å². The summed E-state index contributed by atoms with van der Waals surface area (Å²) < 4.78 is 0. The predicted molar refractivity (Wildman–Crippen MR) is 139 cm³/mol. The van der Waals surface area contributed by atoms with Gasteiger partial charge in [0.1, 0.15) is 6.07 Å². The Bertz CT molecular complexity index is 1140. The molecule has 182 valence electrons. The standard InChI is InChI=1S/C23H26ClN7O.2ClH/c1-15(2)26-13-19(16-3-5-18(24)6-4-16)23(32)31-9-7-30(8-10-31)21-17(11-25)12-27-22-20(21)14-28-29-22;;/h3-6,12,14-15,19,26H,7-10,13H2,1-2H3,(H,27,28,29);2*1H. The number of nitrogens with zero attached hydrogens (tertiary/aromatic N) is 5. The zero-order valence-corrected chi connectivity index (χ0v) is 21.4. The fraction of sp³-hybridized carbons (Fsp3) is 0.391. The Hall–Kier alpha value is -2.57. The summed E-state index contributed by atoms with van der Waals surface area (Å²) in [7, 11) is 0. The van der Waals surface area contributed by atoms with Crippen molar-refractivity contribution in [3.8, 4) is 6.07 Å². The van der Waals surface area contributed by atoms with Crippen LogP contribution in [0.3, 0.4) is 0 Å². The molecule has 11 heteroatoms. The van der Waals surface area contributed by atoms with Gasteiger partial charge < -0.3 is 15.1 Å². The molecule has 0 aliphatic carbocycles. The Labute approximate surface area is 216 Å². The second kappa shape index (κ2) is 12.2. The average molecular weight is 525 g/mol. The molecule has 1 aliphatic heterocycles. The summed E-state index contributed by atoms with van der Waals surface area (Å²) >= 11 is 6.05. The number of rotatable bonds is 6. The number of amides is 1. The van der Waals surface area contributed by atoms with Crippen LogP contribution in [0.25, 0.3) is 11.0 Å². The van der Waals surface area contributed by atoms with E-state index in [1.807, 2.05) is 29.2 Å². The van der Waals surface area contributed by atoms with Gasteiger partial charge in [0.05, 0.1) is 28.8 Å². The van der Waals surface area contributed by atoms with Gasteiger partial charge >= 0.3 is 0 Å². The Morgan fingerprint density at radius 3 is 2.47 bits per heavy atom. The molecule has 3 aromatic rings. The zero-order valence-electron chi connectivity index (χ0n) is 19.0. The molecule has 8 nitrogen and oxygen atoms in total. The van der Waals surface area contributed by atoms with Crippen LogP contribution in [0.2, 0.25) is 5.02 Å². The monoisotopic (exact) mass is 523 g/mol. The smallest absolute Gasteiger partial charge is 0.231 e. The van der Waals surface area contributed by atoms with E-state index in [-0.39, 0.29) is 42.7 Å². The first kappa shape index (κ1) is 27.7. The maximum Gasteiger partial charge on any atom is 0.231 e. The van der Waals surface area contributed by atoms with Crippen LogP contribution >= 0.6 is 36.4 Å². The van der Waals surface area contributed by atoms with Crippen molar-refractivity contribution in [1.82, 2.24) is 25.4 Å². The van der Waals surface area contributed by atoms with Crippen LogP contribution in [0, 0.1) is 11.3 Å². The number of hydrogen-bond donors (Lipinski definition) is 2. The molecule has 1 saturated heterocycles. The Morgan fingerprint density at radius 2 is 1.85 bits per heavy atom. The van der Waals surface area contributed by atoms with Gasteiger partial charge in [-0.05, 0) is 17.7 Å². The van der Waals surface area contributed by atoms with Crippen LogP contribution in [-0.2, 0) is 4.79 Å². The second-order valence-corrected chi connectivity index (χ2v) is 8.68. The molecule has 0 bridgehead atoms. The number of piperazine rings is 1. The number of carbonyl (C=O) groups excluding carboxylic acids is 1. The van der Waals surface area contributed by atoms with E-state index in [2.05, 4.69) is 45.3 Å². The first-order valence-electron chi connectivity index (χ1n) is 10.7. The molecule has 1 unspecified atom stereocenters. The van der Waals surface area contributed by atoms with E-state index in [0.717, 1.165) is 16.6 Å². The van der Waals surface area contributed by atoms with Crippen molar-refractivity contribution in [2.45, 2.75) is 25.8 Å². The Balaban J connectivity index is 0.00000204. The number of fused-ring (bicyclic) bond motifs is 1. The lowest BCUT2D eigenvalue weighted by Crippen LogP contribution is -2.51. The van der Waals surface area contributed by atoms with E-state index < -0.39 is 0 Å². The molecule has 1 aliphatic rings. The first-order chi connectivity index (χ1) is 15.5. The minimum atomic E-state index is -0.280. The van der Waals surface area contributed by atoms with Gasteiger partial charge in [0.2, 0.25) is 5.91 Å². The van der Waals surface area contributed by atoms with Crippen molar-refractivity contribution >= 4 is 59.0 Å². The van der Waals surface area contributed by atoms with Crippen molar-refractivity contribution in [2.75, 3.05) is 37.6 Å². The number of anilines is 1. The third kappa shape index (κ3) is 5.91. The quantitative estimate of drug-likeness (QED) is 0.509. The predicted octanol–water partition coefficient (Wildman–Crippen LogP) is 3.76. The zero-order chi connectivity index (χ0) is 22.7. The number of halogens is 3. The maximum atomic E-state index is 13.5. The highest BCUT2D eigenvalue weighted by Crippen LogP contribution is 2.29. The van der Waals surface area contributed by atoms with E-state index in [4.69, 9.17) is 11.6 Å². The van der Waals surface area contributed by atoms with Gasteiger partial charge in [-0.3, -0.25) is 9.89 Å². The second-order valence-electron chi connectivity index (χ2n) is 8.24. The molecule has 1 amide bonds. The van der Waals surface area contributed by atoms with E-state index in [1.165, 1.54) is 0 Å². The highest BCUT2D eigenvalue weighted by molar-refractivity contribution is 6.30. The number of H-pyrrole nitrogens is 1. The molecule has 4 rings (SSSR count). The molecule has 0 radical (unpaired) electrons. The largest absolute Gasteiger partial charge is 0.366 e. The lowest BCUT2D eigenvalue weighted by atomic mass is 9.96. The van der Waals surface area contributed by atoms with Crippen LogP contribution < -0.4 is 10.2 Å². The lowest BCUT2D eigenvalue weighted by Gasteiger charge is -2.38. The first-order valence-corrected chi connectivity index (χ1v) is 11.1. The highest BCUT2D eigenvalue weighted by atomic mass is 35.5. The summed E-state index contributed by atoms with van der Waals surface area (Å²) in [5, 5.41) is 21.4. The van der Waals surface area contributed by atoms with E-state index in [0.29, 0.717) is 49.0 Å². The SMILES string of the molecule is CC(C)NCC(C(=O)N1CCN(c2c(C#N)cnc3[nH]ncc23)CC1)c1ccc(Cl)cc1.Cl.Cl. The molecular weight excluding hydrogens is 497 g/mol. The number of pyridine rings is 1. The number of hydrogen-bond acceptors (Lipinski definition) is 6. The summed E-state index contributed by atoms with van der Waals surface area (Å²) in [6.07, 6.45) is 3.27. The van der Waals surface area contributed by atoms with Crippen LogP contribution in [0.1, 0.15) is 30.9 Å². The number of benzene rings is 1. The molecule has 2 aromatic heterocycles. The van der Waals surface area contributed by atoms with Gasteiger partial charge in [-0.15, -0.1) is 24.8 Å². The normalized spacial score (nSPS) is 14.3. The van der Waals surface area contributed by atoms with Crippen LogP contribution in [0.5, 0.6) is 0 Å². The molecule has 1 aromatic carbocycles. The van der Waals surface area contributed by atoms with Crippen LogP contribution in [0.15, 0.2) is 36.7 Å². The molecular formula is C23H28Cl3N7O. The number of nitriles is 1.